The zero-order valence-electron chi connectivity index (χ0n) is 8.43. The van der Waals surface area contributed by atoms with Gasteiger partial charge in [0.2, 0.25) is 0 Å². The molecule has 2 N–H and O–H groups in total. The summed E-state index contributed by atoms with van der Waals surface area (Å²) in [6, 6.07) is 1.89. The van der Waals surface area contributed by atoms with Gasteiger partial charge in [0, 0.05) is 11.4 Å². The van der Waals surface area contributed by atoms with E-state index in [1.807, 2.05) is 19.9 Å². The summed E-state index contributed by atoms with van der Waals surface area (Å²) in [6.45, 7) is 7.25. The van der Waals surface area contributed by atoms with E-state index in [1.54, 1.807) is 13.8 Å². The Morgan fingerprint density at radius 2 is 2.00 bits per heavy atom. The van der Waals surface area contributed by atoms with Crippen LogP contribution in [0.25, 0.3) is 0 Å². The highest BCUT2D eigenvalue weighted by molar-refractivity contribution is 5.80. The van der Waals surface area contributed by atoms with E-state index in [0.29, 0.717) is 0 Å². The Morgan fingerprint density at radius 3 is 2.31 bits per heavy atom. The molecule has 72 valence electrons. The van der Waals surface area contributed by atoms with Gasteiger partial charge in [0.15, 0.2) is 0 Å². The van der Waals surface area contributed by atoms with Crippen molar-refractivity contribution in [1.82, 2.24) is 4.98 Å². The maximum atomic E-state index is 11.0. The number of rotatable bonds is 2. The number of aromatic nitrogens is 1. The quantitative estimate of drug-likeness (QED) is 0.733. The van der Waals surface area contributed by atoms with Crippen LogP contribution in [0, 0.1) is 13.8 Å². The summed E-state index contributed by atoms with van der Waals surface area (Å²) in [7, 11) is 0. The van der Waals surface area contributed by atoms with Crippen LogP contribution < -0.4 is 0 Å². The van der Waals surface area contributed by atoms with Gasteiger partial charge in [-0.1, -0.05) is 0 Å². The molecular weight excluding hydrogens is 166 g/mol. The molecule has 1 aromatic rings. The summed E-state index contributed by atoms with van der Waals surface area (Å²) in [5.74, 6) is -0.797. The van der Waals surface area contributed by atoms with E-state index >= 15 is 0 Å². The fourth-order valence-corrected chi connectivity index (χ4v) is 1.49. The van der Waals surface area contributed by atoms with E-state index in [2.05, 4.69) is 4.98 Å². The highest BCUT2D eigenvalue weighted by atomic mass is 16.4. The van der Waals surface area contributed by atoms with E-state index in [9.17, 15) is 4.79 Å². The smallest absolute Gasteiger partial charge is 0.313 e. The van der Waals surface area contributed by atoms with Gasteiger partial charge < -0.3 is 10.1 Å². The molecule has 1 aromatic heterocycles. The summed E-state index contributed by atoms with van der Waals surface area (Å²) in [5, 5.41) is 9.01. The Kier molecular flexibility index (Phi) is 2.20. The van der Waals surface area contributed by atoms with Crippen molar-refractivity contribution in [2.45, 2.75) is 33.1 Å². The van der Waals surface area contributed by atoms with Crippen molar-refractivity contribution in [2.24, 2.45) is 0 Å². The van der Waals surface area contributed by atoms with E-state index in [0.717, 1.165) is 17.0 Å². The first kappa shape index (κ1) is 9.84. The molecule has 0 fully saturated rings. The predicted octanol–water partition coefficient (Wildman–Crippen LogP) is 1.99. The Bertz CT molecular complexity index is 337. The normalized spacial score (nSPS) is 11.7. The monoisotopic (exact) mass is 181 g/mol. The summed E-state index contributed by atoms with van der Waals surface area (Å²) < 4.78 is 0. The maximum absolute atomic E-state index is 11.0. The summed E-state index contributed by atoms with van der Waals surface area (Å²) in [4.78, 5) is 14.1. The molecule has 0 aliphatic carbocycles. The number of hydrogen-bond acceptors (Lipinski definition) is 1. The number of aryl methyl sites for hydroxylation is 2. The van der Waals surface area contributed by atoms with Crippen molar-refractivity contribution < 1.29 is 9.90 Å². The van der Waals surface area contributed by atoms with Crippen LogP contribution in [0.5, 0.6) is 0 Å². The minimum Gasteiger partial charge on any atom is -0.481 e. The number of aromatic amines is 1. The van der Waals surface area contributed by atoms with Crippen molar-refractivity contribution in [3.05, 3.63) is 23.0 Å². The van der Waals surface area contributed by atoms with Gasteiger partial charge in [-0.3, -0.25) is 4.79 Å². The molecule has 0 amide bonds. The largest absolute Gasteiger partial charge is 0.481 e. The number of aliphatic carboxylic acids is 1. The molecule has 0 saturated carbocycles. The predicted molar refractivity (Wildman–Crippen MR) is 50.9 cm³/mol. The molecule has 0 aliphatic rings. The van der Waals surface area contributed by atoms with Crippen LogP contribution in [0.15, 0.2) is 6.07 Å². The molecule has 0 atom stereocenters. The topological polar surface area (TPSA) is 53.1 Å². The van der Waals surface area contributed by atoms with Gasteiger partial charge in [-0.25, -0.2) is 0 Å². The Hall–Kier alpha value is -1.25. The Labute approximate surface area is 77.8 Å². The standard InChI is InChI=1S/C10H15NO2/c1-6-5-8(7(2)11-6)10(3,4)9(12)13/h5,11H,1-4H3,(H,12,13). The van der Waals surface area contributed by atoms with Gasteiger partial charge in [0.1, 0.15) is 0 Å². The van der Waals surface area contributed by atoms with Crippen molar-refractivity contribution in [1.29, 1.82) is 0 Å². The second-order valence-corrected chi connectivity index (χ2v) is 3.92. The molecule has 0 bridgehead atoms. The van der Waals surface area contributed by atoms with E-state index in [4.69, 9.17) is 5.11 Å². The zero-order valence-corrected chi connectivity index (χ0v) is 8.43. The van der Waals surface area contributed by atoms with Gasteiger partial charge in [-0.05, 0) is 39.3 Å². The molecule has 3 nitrogen and oxygen atoms in total. The van der Waals surface area contributed by atoms with Crippen molar-refractivity contribution in [3.8, 4) is 0 Å². The van der Waals surface area contributed by atoms with E-state index in [1.165, 1.54) is 0 Å². The lowest BCUT2D eigenvalue weighted by Crippen LogP contribution is -2.28. The number of carboxylic acids is 1. The van der Waals surface area contributed by atoms with Crippen LogP contribution >= 0.6 is 0 Å². The molecule has 13 heavy (non-hydrogen) atoms. The number of H-pyrrole nitrogens is 1. The number of hydrogen-bond donors (Lipinski definition) is 2. The summed E-state index contributed by atoms with van der Waals surface area (Å²) >= 11 is 0. The van der Waals surface area contributed by atoms with Gasteiger partial charge in [0.05, 0.1) is 5.41 Å². The minimum atomic E-state index is -0.811. The van der Waals surface area contributed by atoms with Crippen LogP contribution in [-0.4, -0.2) is 16.1 Å². The molecule has 1 rings (SSSR count). The summed E-state index contributed by atoms with van der Waals surface area (Å²) in [6.07, 6.45) is 0. The lowest BCUT2D eigenvalue weighted by atomic mass is 9.85. The SMILES string of the molecule is Cc1cc(C(C)(C)C(=O)O)c(C)[nH]1. The molecule has 0 radical (unpaired) electrons. The lowest BCUT2D eigenvalue weighted by Gasteiger charge is -2.18. The van der Waals surface area contributed by atoms with Crippen LogP contribution in [0.3, 0.4) is 0 Å². The second-order valence-electron chi connectivity index (χ2n) is 3.92. The van der Waals surface area contributed by atoms with Crippen molar-refractivity contribution >= 4 is 5.97 Å². The van der Waals surface area contributed by atoms with E-state index in [-0.39, 0.29) is 0 Å². The highest BCUT2D eigenvalue weighted by Crippen LogP contribution is 2.27. The van der Waals surface area contributed by atoms with Crippen LogP contribution in [0.4, 0.5) is 0 Å². The summed E-state index contributed by atoms with van der Waals surface area (Å²) in [5.41, 5.74) is 1.98. The molecule has 3 heteroatoms. The average Bonchev–Trinajstić information content (AvgIpc) is 2.30. The molecule has 1 heterocycles. The molecule has 0 unspecified atom stereocenters. The Balaban J connectivity index is 3.21. The van der Waals surface area contributed by atoms with Crippen LogP contribution in [0.1, 0.15) is 30.8 Å². The molecular formula is C10H15NO2. The molecule has 0 aromatic carbocycles. The molecule has 0 aliphatic heterocycles. The zero-order chi connectivity index (χ0) is 10.2. The first-order chi connectivity index (χ1) is 5.85. The Morgan fingerprint density at radius 1 is 1.46 bits per heavy atom. The highest BCUT2D eigenvalue weighted by Gasteiger charge is 2.31. The molecule has 0 spiro atoms. The average molecular weight is 181 g/mol. The minimum absolute atomic E-state index is 0.797. The first-order valence-corrected chi connectivity index (χ1v) is 4.26. The van der Waals surface area contributed by atoms with Crippen LogP contribution in [0.2, 0.25) is 0 Å². The fourth-order valence-electron chi connectivity index (χ4n) is 1.49. The van der Waals surface area contributed by atoms with Gasteiger partial charge in [0.25, 0.3) is 0 Å². The first-order valence-electron chi connectivity index (χ1n) is 4.26. The lowest BCUT2D eigenvalue weighted by molar-refractivity contribution is -0.142. The van der Waals surface area contributed by atoms with Crippen LogP contribution in [-0.2, 0) is 10.2 Å². The van der Waals surface area contributed by atoms with Gasteiger partial charge in [-0.2, -0.15) is 0 Å². The van der Waals surface area contributed by atoms with Crippen molar-refractivity contribution in [3.63, 3.8) is 0 Å². The fraction of sp³-hybridized carbons (Fsp3) is 0.500. The third-order valence-corrected chi connectivity index (χ3v) is 2.36. The third-order valence-electron chi connectivity index (χ3n) is 2.36. The second kappa shape index (κ2) is 2.91. The number of carbonyl (C=O) groups is 1. The van der Waals surface area contributed by atoms with Gasteiger partial charge in [-0.15, -0.1) is 0 Å². The maximum Gasteiger partial charge on any atom is 0.313 e. The molecule has 0 saturated heterocycles. The van der Waals surface area contributed by atoms with Gasteiger partial charge >= 0.3 is 5.97 Å². The van der Waals surface area contributed by atoms with E-state index < -0.39 is 11.4 Å². The van der Waals surface area contributed by atoms with Crippen molar-refractivity contribution in [2.75, 3.05) is 0 Å². The number of carboxylic acid groups (broad SMARTS) is 1. The third kappa shape index (κ3) is 1.59. The number of nitrogens with one attached hydrogen (secondary N) is 1.